The predicted molar refractivity (Wildman–Crippen MR) is 131 cm³/mol. The number of rotatable bonds is 5. The van der Waals surface area contributed by atoms with Crippen LogP contribution in [0.1, 0.15) is 43.4 Å². The largest absolute Gasteiger partial charge is 0.370 e. The monoisotopic (exact) mass is 447 g/mol. The first kappa shape index (κ1) is 21.6. The highest BCUT2D eigenvalue weighted by molar-refractivity contribution is 5.60. The zero-order chi connectivity index (χ0) is 22.8. The Bertz CT molecular complexity index is 1090. The number of nitrogens with zero attached hydrogens (tertiary/aromatic N) is 7. The third-order valence-corrected chi connectivity index (χ3v) is 6.76. The van der Waals surface area contributed by atoms with Gasteiger partial charge in [-0.15, -0.1) is 5.10 Å². The number of hydrogen-bond acceptors (Lipinski definition) is 8. The Morgan fingerprint density at radius 3 is 2.58 bits per heavy atom. The lowest BCUT2D eigenvalue weighted by Crippen LogP contribution is -2.31. The predicted octanol–water partition coefficient (Wildman–Crippen LogP) is 3.18. The van der Waals surface area contributed by atoms with Gasteiger partial charge in [0.25, 0.3) is 5.95 Å². The Morgan fingerprint density at radius 2 is 1.82 bits per heavy atom. The number of fused-ring (bicyclic) bond motifs is 1. The molecule has 174 valence electrons. The van der Waals surface area contributed by atoms with Crippen LogP contribution < -0.4 is 16.0 Å². The molecule has 3 heterocycles. The van der Waals surface area contributed by atoms with E-state index in [1.165, 1.54) is 41.6 Å². The van der Waals surface area contributed by atoms with Crippen LogP contribution in [0.5, 0.6) is 0 Å². The van der Waals surface area contributed by atoms with Crippen molar-refractivity contribution in [1.29, 1.82) is 0 Å². The van der Waals surface area contributed by atoms with Gasteiger partial charge >= 0.3 is 0 Å². The summed E-state index contributed by atoms with van der Waals surface area (Å²) in [6.45, 7) is 2.14. The van der Waals surface area contributed by atoms with Gasteiger partial charge in [-0.3, -0.25) is 0 Å². The Labute approximate surface area is 195 Å². The van der Waals surface area contributed by atoms with Crippen LogP contribution in [-0.4, -0.2) is 62.9 Å². The average molecular weight is 448 g/mol. The molecule has 0 spiro atoms. The summed E-state index contributed by atoms with van der Waals surface area (Å²) < 4.78 is 1.52. The standard InChI is InChI=1S/C24H33N9/c1-31(2)20-13-14-32(16-20)19-11-9-18(10-12-19)27-23-29-22(25)33(30-23)24-26-15-17-7-5-3-4-6-8-21(17)28-24/h9-12,15,20H,3-8,13-14,16H2,1-2H3,(H3,25,27,29,30)/t20-/m1/s1. The molecule has 0 amide bonds. The third-order valence-electron chi connectivity index (χ3n) is 6.76. The molecule has 2 aliphatic rings. The van der Waals surface area contributed by atoms with Gasteiger partial charge in [-0.25, -0.2) is 9.97 Å². The third kappa shape index (κ3) is 4.78. The lowest BCUT2D eigenvalue weighted by atomic mass is 9.98. The number of benzene rings is 1. The summed E-state index contributed by atoms with van der Waals surface area (Å²) in [5.74, 6) is 1.18. The second-order valence-electron chi connectivity index (χ2n) is 9.29. The summed E-state index contributed by atoms with van der Waals surface area (Å²) in [4.78, 5) is 18.4. The van der Waals surface area contributed by atoms with Gasteiger partial charge < -0.3 is 20.9 Å². The Morgan fingerprint density at radius 1 is 1.03 bits per heavy atom. The molecule has 9 heteroatoms. The maximum Gasteiger partial charge on any atom is 0.254 e. The lowest BCUT2D eigenvalue weighted by Gasteiger charge is -2.22. The summed E-state index contributed by atoms with van der Waals surface area (Å²) in [7, 11) is 4.30. The van der Waals surface area contributed by atoms with Crippen molar-refractivity contribution in [3.8, 4) is 5.95 Å². The summed E-state index contributed by atoms with van der Waals surface area (Å²) in [6, 6.07) is 8.99. The SMILES string of the molecule is CN(C)[C@@H]1CCN(c2ccc(Nc3nc(N)n(-c4ncc5c(n4)CCCCCC5)n3)cc2)C1. The van der Waals surface area contributed by atoms with Crippen molar-refractivity contribution in [3.05, 3.63) is 41.7 Å². The normalized spacial score (nSPS) is 18.8. The van der Waals surface area contributed by atoms with Crippen molar-refractivity contribution in [2.45, 2.75) is 51.0 Å². The molecule has 1 atom stereocenters. The van der Waals surface area contributed by atoms with E-state index in [1.54, 1.807) is 0 Å². The van der Waals surface area contributed by atoms with Crippen LogP contribution in [-0.2, 0) is 12.8 Å². The molecule has 9 nitrogen and oxygen atoms in total. The molecule has 0 bridgehead atoms. The van der Waals surface area contributed by atoms with Gasteiger partial charge in [-0.05, 0) is 76.0 Å². The maximum atomic E-state index is 6.16. The number of nitrogens with one attached hydrogen (secondary N) is 1. The van der Waals surface area contributed by atoms with Crippen LogP contribution in [0.2, 0.25) is 0 Å². The fourth-order valence-corrected chi connectivity index (χ4v) is 4.73. The molecular formula is C24H33N9. The van der Waals surface area contributed by atoms with Gasteiger partial charge in [0.05, 0.1) is 0 Å². The van der Waals surface area contributed by atoms with Crippen molar-refractivity contribution in [3.63, 3.8) is 0 Å². The fourth-order valence-electron chi connectivity index (χ4n) is 4.73. The Balaban J connectivity index is 1.29. The van der Waals surface area contributed by atoms with Gasteiger partial charge in [-0.2, -0.15) is 9.67 Å². The van der Waals surface area contributed by atoms with Gasteiger partial charge in [0, 0.05) is 42.4 Å². The van der Waals surface area contributed by atoms with Crippen LogP contribution in [0.25, 0.3) is 5.95 Å². The highest BCUT2D eigenvalue weighted by Gasteiger charge is 2.24. The number of hydrogen-bond donors (Lipinski definition) is 2. The van der Waals surface area contributed by atoms with Crippen molar-refractivity contribution in [2.75, 3.05) is 43.1 Å². The fraction of sp³-hybridized carbons (Fsp3) is 0.500. The zero-order valence-corrected chi connectivity index (χ0v) is 19.5. The number of aromatic nitrogens is 5. The van der Waals surface area contributed by atoms with E-state index in [0.717, 1.165) is 43.7 Å². The highest BCUT2D eigenvalue weighted by atomic mass is 15.5. The van der Waals surface area contributed by atoms with Crippen LogP contribution in [0.15, 0.2) is 30.5 Å². The van der Waals surface area contributed by atoms with Crippen LogP contribution in [0.3, 0.4) is 0 Å². The quantitative estimate of drug-likeness (QED) is 0.615. The number of anilines is 4. The maximum absolute atomic E-state index is 6.16. The lowest BCUT2D eigenvalue weighted by molar-refractivity contribution is 0.315. The zero-order valence-electron chi connectivity index (χ0n) is 19.5. The molecule has 1 fully saturated rings. The second kappa shape index (κ2) is 9.35. The van der Waals surface area contributed by atoms with Crippen molar-refractivity contribution < 1.29 is 0 Å². The topological polar surface area (TPSA) is 101 Å². The van der Waals surface area contributed by atoms with E-state index in [4.69, 9.17) is 10.7 Å². The molecule has 33 heavy (non-hydrogen) atoms. The first-order valence-electron chi connectivity index (χ1n) is 11.9. The molecule has 1 aliphatic heterocycles. The number of nitrogens with two attached hydrogens (primary N) is 1. The Kier molecular flexibility index (Phi) is 6.13. The molecule has 0 unspecified atom stereocenters. The smallest absolute Gasteiger partial charge is 0.254 e. The molecule has 1 saturated heterocycles. The molecule has 1 aliphatic carbocycles. The summed E-state index contributed by atoms with van der Waals surface area (Å²) >= 11 is 0. The van der Waals surface area contributed by atoms with E-state index < -0.39 is 0 Å². The number of nitrogen functional groups attached to an aromatic ring is 1. The molecule has 3 N–H and O–H groups in total. The summed E-state index contributed by atoms with van der Waals surface area (Å²) in [5, 5.41) is 7.78. The molecule has 2 aromatic heterocycles. The van der Waals surface area contributed by atoms with Gasteiger partial charge in [0.1, 0.15) is 0 Å². The van der Waals surface area contributed by atoms with Gasteiger partial charge in [0.15, 0.2) is 0 Å². The minimum Gasteiger partial charge on any atom is -0.370 e. The highest BCUT2D eigenvalue weighted by Crippen LogP contribution is 2.25. The minimum atomic E-state index is 0.270. The van der Waals surface area contributed by atoms with Crippen LogP contribution >= 0.6 is 0 Å². The van der Waals surface area contributed by atoms with E-state index in [9.17, 15) is 0 Å². The van der Waals surface area contributed by atoms with E-state index >= 15 is 0 Å². The van der Waals surface area contributed by atoms with Crippen molar-refractivity contribution in [2.24, 2.45) is 0 Å². The molecule has 0 radical (unpaired) electrons. The molecule has 3 aromatic rings. The van der Waals surface area contributed by atoms with E-state index in [1.807, 2.05) is 6.20 Å². The van der Waals surface area contributed by atoms with Crippen LogP contribution in [0, 0.1) is 0 Å². The number of aryl methyl sites for hydroxylation is 2. The average Bonchev–Trinajstić information content (AvgIpc) is 3.42. The van der Waals surface area contributed by atoms with Crippen LogP contribution in [0.4, 0.5) is 23.3 Å². The molecule has 0 saturated carbocycles. The van der Waals surface area contributed by atoms with E-state index in [2.05, 4.69) is 68.5 Å². The minimum absolute atomic E-state index is 0.270. The van der Waals surface area contributed by atoms with E-state index in [-0.39, 0.29) is 5.95 Å². The number of likely N-dealkylation sites (N-methyl/N-ethyl adjacent to an activating group) is 1. The van der Waals surface area contributed by atoms with Crippen molar-refractivity contribution >= 4 is 23.3 Å². The van der Waals surface area contributed by atoms with Crippen molar-refractivity contribution in [1.82, 2.24) is 29.6 Å². The Hall–Kier alpha value is -3.20. The van der Waals surface area contributed by atoms with E-state index in [0.29, 0.717) is 17.9 Å². The second-order valence-corrected chi connectivity index (χ2v) is 9.29. The summed E-state index contributed by atoms with van der Waals surface area (Å²) in [5.41, 5.74) is 10.7. The summed E-state index contributed by atoms with van der Waals surface area (Å²) in [6.07, 6.45) is 10.0. The first-order chi connectivity index (χ1) is 16.1. The molecule has 1 aromatic carbocycles. The first-order valence-corrected chi connectivity index (χ1v) is 11.9. The molecular weight excluding hydrogens is 414 g/mol. The molecule has 5 rings (SSSR count). The van der Waals surface area contributed by atoms with Gasteiger partial charge in [0.2, 0.25) is 11.9 Å². The van der Waals surface area contributed by atoms with Gasteiger partial charge in [-0.1, -0.05) is 12.8 Å².